The predicted molar refractivity (Wildman–Crippen MR) is 81.5 cm³/mol. The number of aromatic nitrogens is 3. The van der Waals surface area contributed by atoms with Crippen LogP contribution in [0.5, 0.6) is 0 Å². The third kappa shape index (κ3) is 2.16. The molecular formula is C14H13ClN4O. The SMILES string of the molecule is CN(C)c1ccc(-c2nc3[nH]c(=O)[nH]c3cc2Cl)cc1. The first-order valence-corrected chi connectivity index (χ1v) is 6.49. The van der Waals surface area contributed by atoms with E-state index >= 15 is 0 Å². The minimum absolute atomic E-state index is 0.288. The van der Waals surface area contributed by atoms with Gasteiger partial charge in [0.2, 0.25) is 0 Å². The molecule has 0 amide bonds. The number of rotatable bonds is 2. The van der Waals surface area contributed by atoms with Crippen LogP contribution in [0.4, 0.5) is 5.69 Å². The number of anilines is 1. The lowest BCUT2D eigenvalue weighted by atomic mass is 10.1. The fourth-order valence-electron chi connectivity index (χ4n) is 2.06. The summed E-state index contributed by atoms with van der Waals surface area (Å²) in [5, 5.41) is 0.505. The van der Waals surface area contributed by atoms with Crippen molar-refractivity contribution in [1.82, 2.24) is 15.0 Å². The molecule has 0 fully saturated rings. The molecule has 2 aromatic heterocycles. The van der Waals surface area contributed by atoms with Crippen LogP contribution >= 0.6 is 11.6 Å². The fourth-order valence-corrected chi connectivity index (χ4v) is 2.32. The van der Waals surface area contributed by atoms with E-state index in [9.17, 15) is 4.79 Å². The lowest BCUT2D eigenvalue weighted by molar-refractivity contribution is 1.13. The summed E-state index contributed by atoms with van der Waals surface area (Å²) in [6.07, 6.45) is 0. The van der Waals surface area contributed by atoms with Crippen LogP contribution in [-0.4, -0.2) is 29.0 Å². The van der Waals surface area contributed by atoms with Crippen LogP contribution in [0.2, 0.25) is 5.02 Å². The van der Waals surface area contributed by atoms with Gasteiger partial charge in [0.25, 0.3) is 0 Å². The van der Waals surface area contributed by atoms with E-state index in [1.165, 1.54) is 0 Å². The molecule has 102 valence electrons. The second-order valence-corrected chi connectivity index (χ2v) is 5.14. The molecule has 6 heteroatoms. The number of halogens is 1. The summed E-state index contributed by atoms with van der Waals surface area (Å²) in [6.45, 7) is 0. The van der Waals surface area contributed by atoms with Crippen LogP contribution < -0.4 is 10.6 Å². The van der Waals surface area contributed by atoms with Gasteiger partial charge in [0.15, 0.2) is 5.65 Å². The minimum Gasteiger partial charge on any atom is -0.378 e. The molecule has 0 aliphatic carbocycles. The van der Waals surface area contributed by atoms with Crippen molar-refractivity contribution in [1.29, 1.82) is 0 Å². The van der Waals surface area contributed by atoms with Gasteiger partial charge < -0.3 is 9.88 Å². The second-order valence-electron chi connectivity index (χ2n) is 4.74. The average Bonchev–Trinajstić information content (AvgIpc) is 2.77. The Morgan fingerprint density at radius 1 is 1.15 bits per heavy atom. The topological polar surface area (TPSA) is 64.8 Å². The van der Waals surface area contributed by atoms with Gasteiger partial charge in [-0.05, 0) is 18.2 Å². The molecule has 0 saturated carbocycles. The van der Waals surface area contributed by atoms with Crippen LogP contribution in [-0.2, 0) is 0 Å². The summed E-state index contributed by atoms with van der Waals surface area (Å²) >= 11 is 6.24. The van der Waals surface area contributed by atoms with Crippen molar-refractivity contribution in [2.24, 2.45) is 0 Å². The van der Waals surface area contributed by atoms with Crippen molar-refractivity contribution in [2.75, 3.05) is 19.0 Å². The zero-order valence-corrected chi connectivity index (χ0v) is 11.8. The van der Waals surface area contributed by atoms with Gasteiger partial charge in [-0.2, -0.15) is 0 Å². The van der Waals surface area contributed by atoms with Crippen LogP contribution in [0.15, 0.2) is 35.1 Å². The van der Waals surface area contributed by atoms with Gasteiger partial charge in [-0.15, -0.1) is 0 Å². The number of nitrogens with zero attached hydrogens (tertiary/aromatic N) is 2. The van der Waals surface area contributed by atoms with Crippen molar-refractivity contribution in [3.8, 4) is 11.3 Å². The molecule has 0 aliphatic rings. The zero-order chi connectivity index (χ0) is 14.3. The molecular weight excluding hydrogens is 276 g/mol. The number of hydrogen-bond donors (Lipinski definition) is 2. The Morgan fingerprint density at radius 2 is 1.85 bits per heavy atom. The van der Waals surface area contributed by atoms with Crippen LogP contribution in [0, 0.1) is 0 Å². The minimum atomic E-state index is -0.288. The molecule has 0 radical (unpaired) electrons. The van der Waals surface area contributed by atoms with Gasteiger partial charge >= 0.3 is 5.69 Å². The highest BCUT2D eigenvalue weighted by atomic mass is 35.5. The van der Waals surface area contributed by atoms with Gasteiger partial charge in [-0.3, -0.25) is 4.98 Å². The van der Waals surface area contributed by atoms with E-state index in [1.54, 1.807) is 6.07 Å². The number of imidazole rings is 1. The Hall–Kier alpha value is -2.27. The summed E-state index contributed by atoms with van der Waals surface area (Å²) in [5.74, 6) is 0. The van der Waals surface area contributed by atoms with E-state index in [4.69, 9.17) is 11.6 Å². The van der Waals surface area contributed by atoms with Gasteiger partial charge in [-0.1, -0.05) is 23.7 Å². The molecule has 3 rings (SSSR count). The first-order valence-electron chi connectivity index (χ1n) is 6.11. The number of benzene rings is 1. The van der Waals surface area contributed by atoms with Crippen LogP contribution in [0.25, 0.3) is 22.4 Å². The highest BCUT2D eigenvalue weighted by molar-refractivity contribution is 6.33. The number of fused-ring (bicyclic) bond motifs is 1. The fraction of sp³-hybridized carbons (Fsp3) is 0.143. The van der Waals surface area contributed by atoms with Crippen molar-refractivity contribution in [3.05, 3.63) is 45.8 Å². The van der Waals surface area contributed by atoms with Crippen molar-refractivity contribution in [2.45, 2.75) is 0 Å². The maximum Gasteiger partial charge on any atom is 0.325 e. The summed E-state index contributed by atoms with van der Waals surface area (Å²) < 4.78 is 0. The molecule has 3 aromatic rings. The number of aromatic amines is 2. The second kappa shape index (κ2) is 4.68. The maximum atomic E-state index is 11.3. The standard InChI is InChI=1S/C14H13ClN4O/c1-19(2)9-5-3-8(4-6-9)12-10(15)7-11-13(17-12)18-14(20)16-11/h3-7H,1-2H3,(H2,16,17,18,20). The lowest BCUT2D eigenvalue weighted by Gasteiger charge is -2.12. The van der Waals surface area contributed by atoms with E-state index in [1.807, 2.05) is 43.3 Å². The Kier molecular flexibility index (Phi) is 2.99. The molecule has 0 aliphatic heterocycles. The van der Waals surface area contributed by atoms with E-state index in [0.29, 0.717) is 21.9 Å². The van der Waals surface area contributed by atoms with Crippen molar-refractivity contribution < 1.29 is 0 Å². The molecule has 0 atom stereocenters. The highest BCUT2D eigenvalue weighted by Gasteiger charge is 2.10. The van der Waals surface area contributed by atoms with Crippen molar-refractivity contribution in [3.63, 3.8) is 0 Å². The van der Waals surface area contributed by atoms with Gasteiger partial charge in [0.05, 0.1) is 16.2 Å². The average molecular weight is 289 g/mol. The molecule has 0 saturated heterocycles. The van der Waals surface area contributed by atoms with Gasteiger partial charge in [0.1, 0.15) is 0 Å². The largest absolute Gasteiger partial charge is 0.378 e. The molecule has 2 heterocycles. The van der Waals surface area contributed by atoms with E-state index in [0.717, 1.165) is 11.3 Å². The maximum absolute atomic E-state index is 11.3. The molecule has 0 spiro atoms. The third-order valence-electron chi connectivity index (χ3n) is 3.11. The van der Waals surface area contributed by atoms with Crippen LogP contribution in [0.3, 0.4) is 0 Å². The normalized spacial score (nSPS) is 10.9. The number of pyridine rings is 1. The first-order chi connectivity index (χ1) is 9.54. The predicted octanol–water partition coefficient (Wildman–Crippen LogP) is 2.64. The third-order valence-corrected chi connectivity index (χ3v) is 3.40. The Morgan fingerprint density at radius 3 is 2.50 bits per heavy atom. The lowest BCUT2D eigenvalue weighted by Crippen LogP contribution is -2.07. The van der Waals surface area contributed by atoms with E-state index in [-0.39, 0.29) is 5.69 Å². The molecule has 0 unspecified atom stereocenters. The van der Waals surface area contributed by atoms with Crippen LogP contribution in [0.1, 0.15) is 0 Å². The zero-order valence-electron chi connectivity index (χ0n) is 11.1. The summed E-state index contributed by atoms with van der Waals surface area (Å²) in [6, 6.07) is 9.62. The quantitative estimate of drug-likeness (QED) is 0.762. The molecule has 5 nitrogen and oxygen atoms in total. The number of H-pyrrole nitrogens is 2. The summed E-state index contributed by atoms with van der Waals surface area (Å²) in [4.78, 5) is 23.0. The van der Waals surface area contributed by atoms with Gasteiger partial charge in [0, 0.05) is 25.3 Å². The Labute approximate surface area is 120 Å². The van der Waals surface area contributed by atoms with E-state index in [2.05, 4.69) is 15.0 Å². The molecule has 0 bridgehead atoms. The van der Waals surface area contributed by atoms with Crippen molar-refractivity contribution >= 4 is 28.5 Å². The smallest absolute Gasteiger partial charge is 0.325 e. The highest BCUT2D eigenvalue weighted by Crippen LogP contribution is 2.29. The summed E-state index contributed by atoms with van der Waals surface area (Å²) in [7, 11) is 3.97. The molecule has 2 N–H and O–H groups in total. The monoisotopic (exact) mass is 288 g/mol. The Balaban J connectivity index is 2.13. The molecule has 20 heavy (non-hydrogen) atoms. The number of nitrogens with one attached hydrogen (secondary N) is 2. The summed E-state index contributed by atoms with van der Waals surface area (Å²) in [5.41, 5.74) is 3.48. The molecule has 1 aromatic carbocycles. The first kappa shape index (κ1) is 12.7. The number of hydrogen-bond acceptors (Lipinski definition) is 3. The van der Waals surface area contributed by atoms with Gasteiger partial charge in [-0.25, -0.2) is 9.78 Å². The van der Waals surface area contributed by atoms with E-state index < -0.39 is 0 Å². The Bertz CT molecular complexity index is 817.